The average Bonchev–Trinajstić information content (AvgIpc) is 2.17. The highest BCUT2D eigenvalue weighted by Gasteiger charge is 2.11. The second kappa shape index (κ2) is 6.44. The second-order valence-electron chi connectivity index (χ2n) is 4.58. The zero-order chi connectivity index (χ0) is 11.9. The van der Waals surface area contributed by atoms with Crippen molar-refractivity contribution in [2.45, 2.75) is 41.0 Å². The van der Waals surface area contributed by atoms with Crippen LogP contribution in [0.5, 0.6) is 0 Å². The fourth-order valence-electron chi connectivity index (χ4n) is 1.20. The smallest absolute Gasteiger partial charge is 0.0172 e. The molecule has 0 heteroatoms. The van der Waals surface area contributed by atoms with Crippen molar-refractivity contribution in [3.63, 3.8) is 0 Å². The van der Waals surface area contributed by atoms with E-state index < -0.39 is 0 Å². The first-order valence-corrected chi connectivity index (χ1v) is 5.61. The van der Waals surface area contributed by atoms with E-state index >= 15 is 0 Å². The van der Waals surface area contributed by atoms with E-state index in [9.17, 15) is 0 Å². The Bertz CT molecular complexity index is 285. The molecule has 0 rings (SSSR count). The van der Waals surface area contributed by atoms with Crippen molar-refractivity contribution >= 4 is 0 Å². The molecule has 0 nitrogen and oxygen atoms in total. The van der Waals surface area contributed by atoms with Gasteiger partial charge >= 0.3 is 0 Å². The van der Waals surface area contributed by atoms with E-state index in [0.717, 1.165) is 12.0 Å². The third-order valence-corrected chi connectivity index (χ3v) is 2.63. The van der Waals surface area contributed by atoms with Gasteiger partial charge in [-0.15, -0.1) is 0 Å². The molecule has 0 unspecified atom stereocenters. The monoisotopic (exact) mass is 204 g/mol. The van der Waals surface area contributed by atoms with E-state index in [4.69, 9.17) is 0 Å². The molecule has 0 fully saturated rings. The summed E-state index contributed by atoms with van der Waals surface area (Å²) in [7, 11) is 0. The van der Waals surface area contributed by atoms with Crippen LogP contribution in [0.1, 0.15) is 41.0 Å². The molecule has 0 aliphatic heterocycles. The highest BCUT2D eigenvalue weighted by Crippen LogP contribution is 2.25. The van der Waals surface area contributed by atoms with Crippen LogP contribution in [0.15, 0.2) is 48.1 Å². The van der Waals surface area contributed by atoms with E-state index in [-0.39, 0.29) is 5.41 Å². The Kier molecular flexibility index (Phi) is 6.00. The van der Waals surface area contributed by atoms with Crippen molar-refractivity contribution in [2.24, 2.45) is 5.41 Å². The number of hydrogen-bond donors (Lipinski definition) is 0. The van der Waals surface area contributed by atoms with Gasteiger partial charge in [0.15, 0.2) is 0 Å². The maximum Gasteiger partial charge on any atom is -0.0172 e. The third kappa shape index (κ3) is 6.11. The highest BCUT2D eigenvalue weighted by molar-refractivity contribution is 5.37. The summed E-state index contributed by atoms with van der Waals surface area (Å²) in [6.45, 7) is 14.9. The van der Waals surface area contributed by atoms with Gasteiger partial charge in [-0.05, 0) is 36.8 Å². The minimum atomic E-state index is 0.265. The number of allylic oxidation sites excluding steroid dienone is 7. The Labute approximate surface area is 95.1 Å². The fourth-order valence-corrected chi connectivity index (χ4v) is 1.20. The van der Waals surface area contributed by atoms with E-state index in [1.54, 1.807) is 0 Å². The summed E-state index contributed by atoms with van der Waals surface area (Å²) in [6, 6.07) is 0. The maximum absolute atomic E-state index is 4.06. The van der Waals surface area contributed by atoms with Crippen LogP contribution in [0.3, 0.4) is 0 Å². The summed E-state index contributed by atoms with van der Waals surface area (Å²) >= 11 is 0. The predicted octanol–water partition coefficient (Wildman–Crippen LogP) is 5.06. The van der Waals surface area contributed by atoms with Crippen LogP contribution in [0.4, 0.5) is 0 Å². The highest BCUT2D eigenvalue weighted by atomic mass is 14.2. The van der Waals surface area contributed by atoms with Gasteiger partial charge < -0.3 is 0 Å². The first kappa shape index (κ1) is 14.0. The SMILES string of the molecule is C=C(C=CC=CC)C(C)=CC(C)(C)CC. The molecule has 0 heterocycles. The van der Waals surface area contributed by atoms with Crippen LogP contribution in [-0.2, 0) is 0 Å². The zero-order valence-electron chi connectivity index (χ0n) is 10.8. The lowest BCUT2D eigenvalue weighted by atomic mass is 9.87. The number of rotatable bonds is 5. The van der Waals surface area contributed by atoms with Crippen LogP contribution in [0.2, 0.25) is 0 Å². The summed E-state index contributed by atoms with van der Waals surface area (Å²) < 4.78 is 0. The molecule has 15 heavy (non-hydrogen) atoms. The van der Waals surface area contributed by atoms with E-state index in [0.29, 0.717) is 0 Å². The normalized spacial score (nSPS) is 14.1. The van der Waals surface area contributed by atoms with Gasteiger partial charge in [-0.3, -0.25) is 0 Å². The van der Waals surface area contributed by atoms with Crippen molar-refractivity contribution in [2.75, 3.05) is 0 Å². The van der Waals surface area contributed by atoms with E-state index in [1.807, 2.05) is 25.2 Å². The molecule has 84 valence electrons. The summed E-state index contributed by atoms with van der Waals surface area (Å²) in [5.74, 6) is 0. The molecule has 0 saturated carbocycles. The van der Waals surface area contributed by atoms with Gasteiger partial charge in [0.2, 0.25) is 0 Å². The molecule has 0 aliphatic carbocycles. The fraction of sp³-hybridized carbons (Fsp3) is 0.467. The molecule has 0 spiro atoms. The molecule has 0 aliphatic rings. The molecule has 0 atom stereocenters. The van der Waals surface area contributed by atoms with Gasteiger partial charge in [-0.2, -0.15) is 0 Å². The lowest BCUT2D eigenvalue weighted by Gasteiger charge is -2.19. The van der Waals surface area contributed by atoms with Crippen molar-refractivity contribution in [1.29, 1.82) is 0 Å². The van der Waals surface area contributed by atoms with Gasteiger partial charge in [-0.1, -0.05) is 57.7 Å². The molecule has 0 aromatic rings. The van der Waals surface area contributed by atoms with E-state index in [2.05, 4.69) is 46.4 Å². The average molecular weight is 204 g/mol. The molecule has 0 radical (unpaired) electrons. The van der Waals surface area contributed by atoms with Crippen LogP contribution in [0, 0.1) is 5.41 Å². The minimum absolute atomic E-state index is 0.265. The largest absolute Gasteiger partial charge is 0.0915 e. The minimum Gasteiger partial charge on any atom is -0.0915 e. The van der Waals surface area contributed by atoms with Crippen molar-refractivity contribution in [3.8, 4) is 0 Å². The first-order chi connectivity index (χ1) is 6.93. The summed E-state index contributed by atoms with van der Waals surface area (Å²) in [6.07, 6.45) is 11.6. The van der Waals surface area contributed by atoms with Crippen LogP contribution >= 0.6 is 0 Å². The lowest BCUT2D eigenvalue weighted by Crippen LogP contribution is -2.05. The topological polar surface area (TPSA) is 0 Å². The van der Waals surface area contributed by atoms with Gasteiger partial charge in [0.25, 0.3) is 0 Å². The summed E-state index contributed by atoms with van der Waals surface area (Å²) in [5.41, 5.74) is 2.62. The molecule has 0 aromatic heterocycles. The van der Waals surface area contributed by atoms with Gasteiger partial charge in [0.1, 0.15) is 0 Å². The first-order valence-electron chi connectivity index (χ1n) is 5.61. The number of hydrogen-bond acceptors (Lipinski definition) is 0. The van der Waals surface area contributed by atoms with Crippen LogP contribution < -0.4 is 0 Å². The molecule has 0 N–H and O–H groups in total. The van der Waals surface area contributed by atoms with Gasteiger partial charge in [0, 0.05) is 0 Å². The van der Waals surface area contributed by atoms with E-state index in [1.165, 1.54) is 5.57 Å². The molecular weight excluding hydrogens is 180 g/mol. The molecule has 0 saturated heterocycles. The van der Waals surface area contributed by atoms with Crippen molar-refractivity contribution in [3.05, 3.63) is 48.1 Å². The Balaban J connectivity index is 4.58. The Morgan fingerprint density at radius 2 is 1.87 bits per heavy atom. The Morgan fingerprint density at radius 3 is 2.33 bits per heavy atom. The van der Waals surface area contributed by atoms with Crippen LogP contribution in [0.25, 0.3) is 0 Å². The quantitative estimate of drug-likeness (QED) is 0.549. The van der Waals surface area contributed by atoms with Gasteiger partial charge in [0.05, 0.1) is 0 Å². The summed E-state index contributed by atoms with van der Waals surface area (Å²) in [5, 5.41) is 0. The lowest BCUT2D eigenvalue weighted by molar-refractivity contribution is 0.459. The van der Waals surface area contributed by atoms with Gasteiger partial charge in [-0.25, -0.2) is 0 Å². The zero-order valence-corrected chi connectivity index (χ0v) is 10.8. The van der Waals surface area contributed by atoms with Crippen LogP contribution in [-0.4, -0.2) is 0 Å². The molecular formula is C15H24. The second-order valence-corrected chi connectivity index (χ2v) is 4.58. The maximum atomic E-state index is 4.06. The standard InChI is InChI=1S/C15H24/c1-7-9-10-11-13(3)14(4)12-15(5,6)8-2/h7,9-12H,3,8H2,1-2,4-6H3. The summed E-state index contributed by atoms with van der Waals surface area (Å²) in [4.78, 5) is 0. The molecule has 0 amide bonds. The molecule has 0 aromatic carbocycles. The Morgan fingerprint density at radius 1 is 1.27 bits per heavy atom. The third-order valence-electron chi connectivity index (χ3n) is 2.63. The van der Waals surface area contributed by atoms with Crippen molar-refractivity contribution < 1.29 is 0 Å². The predicted molar refractivity (Wildman–Crippen MR) is 70.9 cm³/mol. The molecule has 0 bridgehead atoms. The van der Waals surface area contributed by atoms with Crippen molar-refractivity contribution in [1.82, 2.24) is 0 Å². The Hall–Kier alpha value is -1.04.